The summed E-state index contributed by atoms with van der Waals surface area (Å²) in [6.07, 6.45) is 2.62. The van der Waals surface area contributed by atoms with Crippen LogP contribution in [0, 0.1) is 0 Å². The van der Waals surface area contributed by atoms with E-state index >= 15 is 0 Å². The van der Waals surface area contributed by atoms with Gasteiger partial charge in [-0.2, -0.15) is 0 Å². The average Bonchev–Trinajstić information content (AvgIpc) is 2.84. The van der Waals surface area contributed by atoms with E-state index in [-0.39, 0.29) is 0 Å². The molecule has 2 aromatic rings. The molecular weight excluding hydrogens is 210 g/mol. The van der Waals surface area contributed by atoms with Crippen molar-refractivity contribution in [2.45, 2.75) is 13.3 Å². The zero-order chi connectivity index (χ0) is 10.9. The summed E-state index contributed by atoms with van der Waals surface area (Å²) in [5.74, 6) is 0. The molecule has 0 aliphatic carbocycles. The van der Waals surface area contributed by atoms with Gasteiger partial charge in [0.05, 0.1) is 0 Å². The highest BCUT2D eigenvalue weighted by molar-refractivity contribution is 7.12. The van der Waals surface area contributed by atoms with Gasteiger partial charge in [-0.15, -0.1) is 10.2 Å². The SMILES string of the molecule is CCCO.c1ccc(-c2nncs2)nc1. The second kappa shape index (κ2) is 7.03. The summed E-state index contributed by atoms with van der Waals surface area (Å²) < 4.78 is 0. The fourth-order valence-electron chi connectivity index (χ4n) is 0.774. The number of aromatic nitrogens is 3. The van der Waals surface area contributed by atoms with Gasteiger partial charge in [0.2, 0.25) is 0 Å². The van der Waals surface area contributed by atoms with Crippen molar-refractivity contribution < 1.29 is 5.11 Å². The van der Waals surface area contributed by atoms with Gasteiger partial charge in [-0.25, -0.2) is 0 Å². The summed E-state index contributed by atoms with van der Waals surface area (Å²) in [6.45, 7) is 2.25. The first-order chi connectivity index (χ1) is 7.38. The molecule has 0 saturated carbocycles. The molecule has 0 spiro atoms. The van der Waals surface area contributed by atoms with Gasteiger partial charge < -0.3 is 5.11 Å². The summed E-state index contributed by atoms with van der Waals surface area (Å²) in [5, 5.41) is 16.4. The molecule has 0 saturated heterocycles. The second-order valence-electron chi connectivity index (χ2n) is 2.68. The number of rotatable bonds is 2. The van der Waals surface area contributed by atoms with Gasteiger partial charge >= 0.3 is 0 Å². The summed E-state index contributed by atoms with van der Waals surface area (Å²) in [6, 6.07) is 5.73. The van der Waals surface area contributed by atoms with E-state index in [4.69, 9.17) is 5.11 Å². The molecule has 2 aromatic heterocycles. The van der Waals surface area contributed by atoms with E-state index in [1.807, 2.05) is 25.1 Å². The van der Waals surface area contributed by atoms with E-state index in [9.17, 15) is 0 Å². The van der Waals surface area contributed by atoms with Crippen LogP contribution in [0.2, 0.25) is 0 Å². The molecule has 0 unspecified atom stereocenters. The summed E-state index contributed by atoms with van der Waals surface area (Å²) in [5.41, 5.74) is 2.58. The first-order valence-corrected chi connectivity index (χ1v) is 5.55. The Kier molecular flexibility index (Phi) is 5.50. The standard InChI is InChI=1S/C7H5N3S.C3H8O/c1-2-4-8-6(3-1)7-10-9-5-11-7;1-2-3-4/h1-5H;4H,2-3H2,1H3. The first-order valence-electron chi connectivity index (χ1n) is 4.67. The van der Waals surface area contributed by atoms with Gasteiger partial charge in [-0.3, -0.25) is 4.98 Å². The summed E-state index contributed by atoms with van der Waals surface area (Å²) in [7, 11) is 0. The van der Waals surface area contributed by atoms with E-state index in [1.54, 1.807) is 11.7 Å². The molecule has 80 valence electrons. The Morgan fingerprint density at radius 2 is 2.20 bits per heavy atom. The zero-order valence-corrected chi connectivity index (χ0v) is 9.31. The fraction of sp³-hybridized carbons (Fsp3) is 0.300. The molecule has 0 amide bonds. The van der Waals surface area contributed by atoms with Crippen LogP contribution in [0.5, 0.6) is 0 Å². The van der Waals surface area contributed by atoms with Crippen molar-refractivity contribution in [1.82, 2.24) is 15.2 Å². The van der Waals surface area contributed by atoms with Crippen LogP contribution in [0.25, 0.3) is 10.7 Å². The third-order valence-corrected chi connectivity index (χ3v) is 2.18. The van der Waals surface area contributed by atoms with Crippen LogP contribution in [0.1, 0.15) is 13.3 Å². The molecular formula is C10H13N3OS. The van der Waals surface area contributed by atoms with Gasteiger partial charge in [0, 0.05) is 12.8 Å². The fourth-order valence-corrected chi connectivity index (χ4v) is 1.30. The van der Waals surface area contributed by atoms with Crippen molar-refractivity contribution in [3.63, 3.8) is 0 Å². The summed E-state index contributed by atoms with van der Waals surface area (Å²) >= 11 is 1.49. The second-order valence-corrected chi connectivity index (χ2v) is 3.52. The minimum atomic E-state index is 0.319. The summed E-state index contributed by atoms with van der Waals surface area (Å²) in [4.78, 5) is 4.13. The number of hydrogen-bond acceptors (Lipinski definition) is 5. The Bertz CT molecular complexity index is 348. The van der Waals surface area contributed by atoms with Crippen LogP contribution in [-0.4, -0.2) is 26.9 Å². The Morgan fingerprint density at radius 3 is 2.67 bits per heavy atom. The lowest BCUT2D eigenvalue weighted by atomic mass is 10.4. The van der Waals surface area contributed by atoms with Crippen molar-refractivity contribution in [3.05, 3.63) is 29.9 Å². The Balaban J connectivity index is 0.000000245. The highest BCUT2D eigenvalue weighted by atomic mass is 32.1. The molecule has 0 aromatic carbocycles. The van der Waals surface area contributed by atoms with E-state index < -0.39 is 0 Å². The molecule has 0 aliphatic rings. The Hall–Kier alpha value is -1.33. The minimum Gasteiger partial charge on any atom is -0.396 e. The third-order valence-electron chi connectivity index (χ3n) is 1.47. The molecule has 2 heterocycles. The molecule has 5 heteroatoms. The van der Waals surface area contributed by atoms with Gasteiger partial charge in [0.15, 0.2) is 5.01 Å². The smallest absolute Gasteiger partial charge is 0.166 e. The highest BCUT2D eigenvalue weighted by Crippen LogP contribution is 2.16. The van der Waals surface area contributed by atoms with Crippen molar-refractivity contribution in [2.24, 2.45) is 0 Å². The molecule has 15 heavy (non-hydrogen) atoms. The Labute approximate surface area is 92.7 Å². The van der Waals surface area contributed by atoms with Crippen molar-refractivity contribution in [3.8, 4) is 10.7 Å². The largest absolute Gasteiger partial charge is 0.396 e. The van der Waals surface area contributed by atoms with Crippen LogP contribution in [0.3, 0.4) is 0 Å². The molecule has 0 fully saturated rings. The maximum atomic E-state index is 7.88. The van der Waals surface area contributed by atoms with Crippen molar-refractivity contribution in [2.75, 3.05) is 6.61 Å². The Morgan fingerprint density at radius 1 is 1.40 bits per heavy atom. The number of aliphatic hydroxyl groups is 1. The molecule has 0 aliphatic heterocycles. The lowest BCUT2D eigenvalue weighted by molar-refractivity contribution is 0.295. The van der Waals surface area contributed by atoms with E-state index in [2.05, 4.69) is 15.2 Å². The van der Waals surface area contributed by atoms with Gasteiger partial charge in [0.1, 0.15) is 11.2 Å². The van der Waals surface area contributed by atoms with Gasteiger partial charge in [-0.1, -0.05) is 24.3 Å². The molecule has 0 radical (unpaired) electrons. The number of aliphatic hydroxyl groups excluding tert-OH is 1. The van der Waals surface area contributed by atoms with Crippen LogP contribution < -0.4 is 0 Å². The van der Waals surface area contributed by atoms with Crippen molar-refractivity contribution in [1.29, 1.82) is 0 Å². The average molecular weight is 223 g/mol. The molecule has 2 rings (SSSR count). The van der Waals surface area contributed by atoms with E-state index in [0.29, 0.717) is 6.61 Å². The van der Waals surface area contributed by atoms with E-state index in [0.717, 1.165) is 17.1 Å². The first kappa shape index (κ1) is 11.7. The van der Waals surface area contributed by atoms with Crippen LogP contribution in [-0.2, 0) is 0 Å². The highest BCUT2D eigenvalue weighted by Gasteiger charge is 1.99. The minimum absolute atomic E-state index is 0.319. The zero-order valence-electron chi connectivity index (χ0n) is 8.50. The molecule has 0 bridgehead atoms. The normalized spacial score (nSPS) is 9.20. The van der Waals surface area contributed by atoms with Gasteiger partial charge in [0.25, 0.3) is 0 Å². The quantitative estimate of drug-likeness (QED) is 0.845. The lowest BCUT2D eigenvalue weighted by Gasteiger charge is -1.89. The number of nitrogens with zero attached hydrogens (tertiary/aromatic N) is 3. The topological polar surface area (TPSA) is 58.9 Å². The molecule has 0 atom stereocenters. The van der Waals surface area contributed by atoms with Gasteiger partial charge in [-0.05, 0) is 18.6 Å². The number of hydrogen-bond donors (Lipinski definition) is 1. The monoisotopic (exact) mass is 223 g/mol. The maximum Gasteiger partial charge on any atom is 0.166 e. The maximum absolute atomic E-state index is 7.88. The predicted octanol–water partition coefficient (Wildman–Crippen LogP) is 1.99. The third kappa shape index (κ3) is 4.14. The lowest BCUT2D eigenvalue weighted by Crippen LogP contribution is -1.79. The van der Waals surface area contributed by atoms with Crippen LogP contribution >= 0.6 is 11.3 Å². The van der Waals surface area contributed by atoms with Crippen LogP contribution in [0.15, 0.2) is 29.9 Å². The van der Waals surface area contributed by atoms with Crippen molar-refractivity contribution >= 4 is 11.3 Å². The number of pyridine rings is 1. The molecule has 4 nitrogen and oxygen atoms in total. The molecule has 1 N–H and O–H groups in total. The van der Waals surface area contributed by atoms with Crippen LogP contribution in [0.4, 0.5) is 0 Å². The predicted molar refractivity (Wildman–Crippen MR) is 60.5 cm³/mol. The van der Waals surface area contributed by atoms with E-state index in [1.165, 1.54) is 11.3 Å².